The molecule has 0 saturated carbocycles. The predicted molar refractivity (Wildman–Crippen MR) is 57.9 cm³/mol. The van der Waals surface area contributed by atoms with Crippen LogP contribution in [0.25, 0.3) is 0 Å². The van der Waals surface area contributed by atoms with Crippen LogP contribution in [-0.2, 0) is 26.7 Å². The van der Waals surface area contributed by atoms with Gasteiger partial charge in [-0.15, -0.1) is 0 Å². The van der Waals surface area contributed by atoms with Gasteiger partial charge in [-0.3, -0.25) is 0 Å². The normalized spacial score (nSPS) is 10.5. The fourth-order valence-corrected chi connectivity index (χ4v) is 0.490. The number of aliphatic carboxylic acids is 2. The Hall–Kier alpha value is -1.58. The fraction of sp³-hybridized carbons (Fsp3) is 0.167. The molecule has 0 N–H and O–H groups in total. The maximum atomic E-state index is 9.64. The van der Waals surface area contributed by atoms with Gasteiger partial charge in [-0.1, -0.05) is 36.5 Å². The molecule has 0 spiro atoms. The number of hydrogen-bond acceptors (Lipinski definition) is 4. The average molecular weight is 277 g/mol. The maximum Gasteiger partial charge on any atom is 2.00 e. The molecule has 0 bridgehead atoms. The van der Waals surface area contributed by atoms with Crippen molar-refractivity contribution < 1.29 is 36.9 Å². The number of allylic oxidation sites excluding steroid dienone is 6. The Balaban J connectivity index is -0.000000218. The molecule has 17 heavy (non-hydrogen) atoms. The van der Waals surface area contributed by atoms with Gasteiger partial charge in [-0.2, -0.15) is 0 Å². The molecule has 0 aliphatic rings. The number of hydrogen-bond donors (Lipinski definition) is 0. The standard InChI is InChI=1S/2C6H8O2.Mn/c2*1-2-3-4-5-6(7)8;/h2*2-5H,1H3,(H,7,8);/q;;+2/p-2. The fourth-order valence-electron chi connectivity index (χ4n) is 0.490. The van der Waals surface area contributed by atoms with Gasteiger partial charge in [0.1, 0.15) is 0 Å². The Morgan fingerprint density at radius 3 is 1.24 bits per heavy atom. The Morgan fingerprint density at radius 1 is 0.765 bits per heavy atom. The zero-order chi connectivity index (χ0) is 12.8. The summed E-state index contributed by atoms with van der Waals surface area (Å²) in [4.78, 5) is 19.3. The van der Waals surface area contributed by atoms with Gasteiger partial charge >= 0.3 is 17.1 Å². The van der Waals surface area contributed by atoms with Crippen LogP contribution in [0.5, 0.6) is 0 Å². The van der Waals surface area contributed by atoms with Crippen molar-refractivity contribution in [1.82, 2.24) is 0 Å². The summed E-state index contributed by atoms with van der Waals surface area (Å²) in [5, 5.41) is 19.3. The molecule has 0 fully saturated rings. The molecule has 0 aromatic heterocycles. The molecule has 0 heterocycles. The summed E-state index contributed by atoms with van der Waals surface area (Å²) in [6.45, 7) is 3.61. The van der Waals surface area contributed by atoms with Gasteiger partial charge in [0, 0.05) is 0 Å². The Bertz CT molecular complexity index is 282. The van der Waals surface area contributed by atoms with E-state index in [1.807, 2.05) is 0 Å². The SMILES string of the molecule is CC=CC=CC(=O)[O-].CC=CC=CC(=O)[O-].[Mn+2]. The summed E-state index contributed by atoms with van der Waals surface area (Å²) in [7, 11) is 0. The van der Waals surface area contributed by atoms with Crippen molar-refractivity contribution in [3.8, 4) is 0 Å². The molecule has 0 aliphatic carbocycles. The average Bonchev–Trinajstić information content (AvgIpc) is 2.18. The summed E-state index contributed by atoms with van der Waals surface area (Å²) in [6, 6.07) is 0. The first-order valence-electron chi connectivity index (χ1n) is 4.55. The van der Waals surface area contributed by atoms with E-state index >= 15 is 0 Å². The van der Waals surface area contributed by atoms with Gasteiger partial charge in [-0.05, 0) is 26.0 Å². The number of carbonyl (C=O) groups excluding carboxylic acids is 2. The minimum atomic E-state index is -1.16. The number of carboxylic acids is 2. The first kappa shape index (κ1) is 20.8. The molecule has 4 nitrogen and oxygen atoms in total. The monoisotopic (exact) mass is 277 g/mol. The number of carboxylic acid groups (broad SMARTS) is 2. The zero-order valence-corrected chi connectivity index (χ0v) is 10.8. The summed E-state index contributed by atoms with van der Waals surface area (Å²) >= 11 is 0. The third-order valence-electron chi connectivity index (χ3n) is 1.07. The van der Waals surface area contributed by atoms with Crippen molar-refractivity contribution in [1.29, 1.82) is 0 Å². The molecule has 0 unspecified atom stereocenters. The first-order chi connectivity index (χ1) is 7.54. The molecule has 5 heteroatoms. The second-order valence-corrected chi connectivity index (χ2v) is 2.41. The molecule has 0 aromatic rings. The maximum absolute atomic E-state index is 9.64. The van der Waals surface area contributed by atoms with Crippen LogP contribution < -0.4 is 10.2 Å². The van der Waals surface area contributed by atoms with Crippen LogP contribution in [0.1, 0.15) is 13.8 Å². The molecular formula is C12H14MnO4. The van der Waals surface area contributed by atoms with E-state index in [2.05, 4.69) is 0 Å². The van der Waals surface area contributed by atoms with Crippen molar-refractivity contribution in [2.45, 2.75) is 13.8 Å². The van der Waals surface area contributed by atoms with Gasteiger partial charge in [0.15, 0.2) is 0 Å². The van der Waals surface area contributed by atoms with Gasteiger partial charge in [0.05, 0.1) is 11.9 Å². The molecule has 0 saturated heterocycles. The minimum absolute atomic E-state index is 0. The van der Waals surface area contributed by atoms with E-state index in [0.29, 0.717) is 0 Å². The summed E-state index contributed by atoms with van der Waals surface area (Å²) in [6.07, 6.45) is 11.5. The van der Waals surface area contributed by atoms with Crippen molar-refractivity contribution in [3.05, 3.63) is 48.6 Å². The first-order valence-corrected chi connectivity index (χ1v) is 4.55. The van der Waals surface area contributed by atoms with Crippen LogP contribution in [0.3, 0.4) is 0 Å². The third kappa shape index (κ3) is 31.4. The smallest absolute Gasteiger partial charge is 0.545 e. The second-order valence-electron chi connectivity index (χ2n) is 2.41. The van der Waals surface area contributed by atoms with Crippen molar-refractivity contribution in [2.24, 2.45) is 0 Å². The molecule has 0 atom stereocenters. The summed E-state index contributed by atoms with van der Waals surface area (Å²) < 4.78 is 0. The van der Waals surface area contributed by atoms with Gasteiger partial charge in [0.25, 0.3) is 0 Å². The predicted octanol–water partition coefficient (Wildman–Crippen LogP) is -0.265. The van der Waals surface area contributed by atoms with Crippen molar-refractivity contribution in [2.75, 3.05) is 0 Å². The van der Waals surface area contributed by atoms with Crippen LogP contribution in [-0.4, -0.2) is 11.9 Å². The van der Waals surface area contributed by atoms with Crippen LogP contribution in [0.15, 0.2) is 48.6 Å². The van der Waals surface area contributed by atoms with Crippen LogP contribution in [0, 0.1) is 0 Å². The van der Waals surface area contributed by atoms with E-state index in [9.17, 15) is 19.8 Å². The van der Waals surface area contributed by atoms with Crippen molar-refractivity contribution in [3.63, 3.8) is 0 Å². The number of rotatable bonds is 4. The van der Waals surface area contributed by atoms with Crippen LogP contribution >= 0.6 is 0 Å². The summed E-state index contributed by atoms with van der Waals surface area (Å²) in [5.74, 6) is -2.33. The van der Waals surface area contributed by atoms with E-state index in [1.54, 1.807) is 38.2 Å². The van der Waals surface area contributed by atoms with Crippen LogP contribution in [0.4, 0.5) is 0 Å². The van der Waals surface area contributed by atoms with Crippen LogP contribution in [0.2, 0.25) is 0 Å². The Morgan fingerprint density at radius 2 is 1.06 bits per heavy atom. The van der Waals surface area contributed by atoms with E-state index < -0.39 is 11.9 Å². The Kier molecular flexibility index (Phi) is 20.6. The molecule has 1 radical (unpaired) electrons. The van der Waals surface area contributed by atoms with Gasteiger partial charge < -0.3 is 19.8 Å². The summed E-state index contributed by atoms with van der Waals surface area (Å²) in [5.41, 5.74) is 0. The quantitative estimate of drug-likeness (QED) is 0.402. The molecule has 0 aliphatic heterocycles. The van der Waals surface area contributed by atoms with Gasteiger partial charge in [0.2, 0.25) is 0 Å². The second kappa shape index (κ2) is 16.8. The van der Waals surface area contributed by atoms with E-state index in [1.165, 1.54) is 12.2 Å². The largest absolute Gasteiger partial charge is 2.00 e. The van der Waals surface area contributed by atoms with E-state index in [0.717, 1.165) is 12.2 Å². The van der Waals surface area contributed by atoms with Crippen molar-refractivity contribution >= 4 is 11.9 Å². The minimum Gasteiger partial charge on any atom is -0.545 e. The number of carbonyl (C=O) groups is 2. The topological polar surface area (TPSA) is 80.3 Å². The third-order valence-corrected chi connectivity index (χ3v) is 1.07. The molecule has 93 valence electrons. The van der Waals surface area contributed by atoms with E-state index in [4.69, 9.17) is 0 Å². The molecular weight excluding hydrogens is 263 g/mol. The van der Waals surface area contributed by atoms with E-state index in [-0.39, 0.29) is 17.1 Å². The van der Waals surface area contributed by atoms with Gasteiger partial charge in [-0.25, -0.2) is 0 Å². The zero-order valence-electron chi connectivity index (χ0n) is 9.63. The molecule has 0 rings (SSSR count). The molecule has 0 aromatic carbocycles. The molecule has 0 amide bonds. The Labute approximate surface area is 112 Å².